The molecule has 0 amide bonds. The third kappa shape index (κ3) is 5.06. The fourth-order valence-corrected chi connectivity index (χ4v) is 8.28. The summed E-state index contributed by atoms with van der Waals surface area (Å²) >= 11 is 0.713. The largest absolute Gasteiger partial charge is 0.389 e. The van der Waals surface area contributed by atoms with Crippen molar-refractivity contribution < 1.29 is 46.2 Å². The molecule has 4 aromatic rings. The quantitative estimate of drug-likeness (QED) is 0.256. The second kappa shape index (κ2) is 11.5. The van der Waals surface area contributed by atoms with Crippen LogP contribution in [0.1, 0.15) is 12.5 Å². The average Bonchev–Trinajstić information content (AvgIpc) is 3.77. The number of anilines is 2. The van der Waals surface area contributed by atoms with E-state index in [1.165, 1.54) is 40.7 Å². The molecule has 0 aromatic carbocycles. The second-order valence-corrected chi connectivity index (χ2v) is 15.1. The summed E-state index contributed by atoms with van der Waals surface area (Å²) in [5.74, 6) is 0.198. The summed E-state index contributed by atoms with van der Waals surface area (Å²) in [4.78, 5) is 24.5. The Labute approximate surface area is 251 Å². The van der Waals surface area contributed by atoms with Gasteiger partial charge in [-0.15, -0.1) is 0 Å². The van der Waals surface area contributed by atoms with Crippen LogP contribution < -0.4 is 11.5 Å². The Morgan fingerprint density at radius 2 is 1.57 bits per heavy atom. The minimum atomic E-state index is -4.14. The van der Waals surface area contributed by atoms with E-state index in [2.05, 4.69) is 29.9 Å². The normalized spacial score (nSPS) is 36.6. The zero-order valence-corrected chi connectivity index (χ0v) is 25.2. The summed E-state index contributed by atoms with van der Waals surface area (Å²) in [7, 11) is -3.38. The van der Waals surface area contributed by atoms with Crippen LogP contribution in [-0.4, -0.2) is 100 Å². The van der Waals surface area contributed by atoms with Crippen LogP contribution in [0.4, 0.5) is 16.0 Å². The van der Waals surface area contributed by atoms with Crippen LogP contribution in [0.2, 0.25) is 0 Å². The summed E-state index contributed by atoms with van der Waals surface area (Å²) in [5.41, 5.74) is 12.8. The summed E-state index contributed by atoms with van der Waals surface area (Å²) in [5, 5.41) is 11.2. The number of nitrogens with two attached hydrogens (primary N) is 2. The van der Waals surface area contributed by atoms with Gasteiger partial charge in [-0.2, -0.15) is 0 Å². The number of aliphatic hydroxyl groups is 1. The number of hydrogen-bond donors (Lipinski definition) is 3. The maximum absolute atomic E-state index is 15.9. The number of nitrogens with zero attached hydrogens (tertiary/aromatic N) is 8. The Kier molecular flexibility index (Phi) is 7.81. The highest BCUT2D eigenvalue weighted by molar-refractivity contribution is 8.54. The lowest BCUT2D eigenvalue weighted by atomic mass is 10.1. The van der Waals surface area contributed by atoms with Gasteiger partial charge in [0.05, 0.1) is 25.9 Å². The van der Waals surface area contributed by atoms with Crippen molar-refractivity contribution in [1.82, 2.24) is 39.0 Å². The minimum absolute atomic E-state index is 0.0862. The molecule has 4 aromatic heterocycles. The average molecular weight is 675 g/mol. The van der Waals surface area contributed by atoms with Gasteiger partial charge in [0, 0.05) is 0 Å². The van der Waals surface area contributed by atoms with Crippen LogP contribution in [0.15, 0.2) is 25.3 Å². The predicted octanol–water partition coefficient (Wildman–Crippen LogP) is 1.00. The molecule has 3 fully saturated rings. The number of alkyl halides is 1. The maximum Gasteiger partial charge on any atom is 0.389 e. The first-order valence-corrected chi connectivity index (χ1v) is 17.6. The summed E-state index contributed by atoms with van der Waals surface area (Å²) < 4.78 is 80.0. The van der Waals surface area contributed by atoms with E-state index < -0.39 is 77.4 Å². The van der Waals surface area contributed by atoms with Crippen molar-refractivity contribution in [2.24, 2.45) is 0 Å². The lowest BCUT2D eigenvalue weighted by Crippen LogP contribution is -2.35. The fraction of sp³-hybridized carbons (Fsp3) is 0.524. The van der Waals surface area contributed by atoms with Crippen LogP contribution in [-0.2, 0) is 36.7 Å². The molecule has 23 heteroatoms. The number of nitrogen functional groups attached to an aromatic ring is 2. The first-order chi connectivity index (χ1) is 21.2. The van der Waals surface area contributed by atoms with Gasteiger partial charge in [0.2, 0.25) is 0 Å². The van der Waals surface area contributed by atoms with Gasteiger partial charge in [0.1, 0.15) is 54.2 Å². The monoisotopic (exact) mass is 674 g/mol. The molecule has 2 unspecified atom stereocenters. The van der Waals surface area contributed by atoms with Gasteiger partial charge in [-0.05, 0) is 17.6 Å². The van der Waals surface area contributed by atoms with Gasteiger partial charge >= 0.3 is 15.1 Å². The van der Waals surface area contributed by atoms with Gasteiger partial charge in [0.15, 0.2) is 41.6 Å². The Bertz CT molecular complexity index is 1780. The highest BCUT2D eigenvalue weighted by Gasteiger charge is 2.53. The number of ether oxygens (including phenoxy) is 2. The van der Waals surface area contributed by atoms with Crippen molar-refractivity contribution in [3.8, 4) is 0 Å². The third-order valence-electron chi connectivity index (χ3n) is 7.37. The number of imidazole rings is 2. The number of fused-ring (bicyclic) bond motifs is 5. The third-order valence-corrected chi connectivity index (χ3v) is 11.6. The van der Waals surface area contributed by atoms with Crippen LogP contribution in [0, 0.1) is 0 Å². The molecule has 19 nitrogen and oxygen atoms in total. The van der Waals surface area contributed by atoms with Crippen LogP contribution in [0.3, 0.4) is 0 Å². The Morgan fingerprint density at radius 3 is 2.20 bits per heavy atom. The molecule has 3 aliphatic heterocycles. The molecule has 5 N–H and O–H groups in total. The first-order valence-electron chi connectivity index (χ1n) is 13.0. The maximum atomic E-state index is 15.9. The molecule has 0 spiro atoms. The fourth-order valence-electron chi connectivity index (χ4n) is 5.24. The standard InChI is InChI=1S/C21H25FN10O9P2S/c1-44-43(35)37-3-9-14(13(33)20(39-9)31-6-29-11-16(23)25-4-27-18(11)31)40-42(34)36-2-8-10(22)15(41-43)21(38-8)32-7-30-12-17(24)26-5-28-19(12)32/h4-10,13-15,20-21,33,42H,2-3H2,1H3,(H2,23,25,27)(H2,24,26,28)/t8?,9-,10-,13-,14-,15-,20-,21-,43-/m1/s1. The number of hydrogen-bond acceptors (Lipinski definition) is 18. The highest BCUT2D eigenvalue weighted by atomic mass is 32.7. The van der Waals surface area contributed by atoms with Gasteiger partial charge in [-0.3, -0.25) is 22.7 Å². The van der Waals surface area contributed by atoms with E-state index in [4.69, 9.17) is 39.0 Å². The molecule has 2 bridgehead atoms. The molecule has 10 atom stereocenters. The molecule has 7 heterocycles. The van der Waals surface area contributed by atoms with E-state index in [9.17, 15) is 14.2 Å². The van der Waals surface area contributed by atoms with Gasteiger partial charge < -0.3 is 35.1 Å². The minimum Gasteiger partial charge on any atom is -0.386 e. The smallest absolute Gasteiger partial charge is 0.386 e. The van der Waals surface area contributed by atoms with Crippen molar-refractivity contribution in [2.75, 3.05) is 30.9 Å². The van der Waals surface area contributed by atoms with Crippen LogP contribution in [0.25, 0.3) is 22.3 Å². The van der Waals surface area contributed by atoms with Gasteiger partial charge in [0.25, 0.3) is 0 Å². The van der Waals surface area contributed by atoms with Crippen molar-refractivity contribution in [1.29, 1.82) is 0 Å². The molecular formula is C21H25FN10O9P2S. The lowest BCUT2D eigenvalue weighted by molar-refractivity contribution is -0.0570. The number of aromatic nitrogens is 8. The topological polar surface area (TPSA) is 249 Å². The highest BCUT2D eigenvalue weighted by Crippen LogP contribution is 2.62. The molecule has 0 aliphatic carbocycles. The Morgan fingerprint density at radius 1 is 0.955 bits per heavy atom. The van der Waals surface area contributed by atoms with E-state index in [-0.39, 0.29) is 34.0 Å². The summed E-state index contributed by atoms with van der Waals surface area (Å²) in [6.07, 6.45) is -4.55. The van der Waals surface area contributed by atoms with Crippen molar-refractivity contribution in [3.05, 3.63) is 25.3 Å². The van der Waals surface area contributed by atoms with Crippen molar-refractivity contribution in [3.63, 3.8) is 0 Å². The van der Waals surface area contributed by atoms with E-state index in [1.54, 1.807) is 0 Å². The molecule has 7 rings (SSSR count). The van der Waals surface area contributed by atoms with E-state index >= 15 is 4.39 Å². The predicted molar refractivity (Wildman–Crippen MR) is 150 cm³/mol. The molecule has 3 aliphatic rings. The van der Waals surface area contributed by atoms with E-state index in [1.807, 2.05) is 0 Å². The van der Waals surface area contributed by atoms with Gasteiger partial charge in [-0.1, -0.05) is 0 Å². The van der Waals surface area contributed by atoms with Crippen LogP contribution in [0.5, 0.6) is 0 Å². The molecule has 0 radical (unpaired) electrons. The number of rotatable bonds is 3. The number of halogens is 1. The second-order valence-electron chi connectivity index (χ2n) is 9.87. The SMILES string of the molecule is CS[P@]1(=O)OC[C@H]2O[C@@H](n3cnc4c(N)ncnc43)[C@H](O)[C@@H]2O[PH](=O)OCC2O[C@@H](n3cnc4c(N)ncnc43)[C@H](O1)[C@@H]2F. The lowest BCUT2D eigenvalue weighted by Gasteiger charge is -2.26. The Hall–Kier alpha value is -2.84. The molecule has 3 saturated heterocycles. The molecule has 44 heavy (non-hydrogen) atoms. The summed E-state index contributed by atoms with van der Waals surface area (Å²) in [6, 6.07) is 0. The number of aliphatic hydroxyl groups excluding tert-OH is 1. The van der Waals surface area contributed by atoms with Crippen molar-refractivity contribution >= 4 is 60.4 Å². The molecular weight excluding hydrogens is 649 g/mol. The summed E-state index contributed by atoms with van der Waals surface area (Å²) in [6.45, 7) is -5.16. The zero-order chi connectivity index (χ0) is 30.7. The zero-order valence-electron chi connectivity index (χ0n) is 22.5. The Balaban J connectivity index is 1.19. The van der Waals surface area contributed by atoms with Crippen molar-refractivity contribution in [2.45, 2.75) is 49.1 Å². The van der Waals surface area contributed by atoms with Gasteiger partial charge in [-0.25, -0.2) is 38.9 Å². The first kappa shape index (κ1) is 29.8. The van der Waals surface area contributed by atoms with E-state index in [0.717, 1.165) is 0 Å². The van der Waals surface area contributed by atoms with Crippen LogP contribution >= 0.6 is 26.4 Å². The molecule has 0 saturated carbocycles. The molecule has 236 valence electrons. The van der Waals surface area contributed by atoms with E-state index in [0.29, 0.717) is 11.4 Å².